The second kappa shape index (κ2) is 13.4. The normalized spacial score (nSPS) is 13.6. The Morgan fingerprint density at radius 3 is 2.23 bits per heavy atom. The van der Waals surface area contributed by atoms with Crippen molar-refractivity contribution in [3.8, 4) is 0 Å². The van der Waals surface area contributed by atoms with E-state index in [0.717, 1.165) is 9.36 Å². The zero-order valence-corrected chi connectivity index (χ0v) is 22.6. The van der Waals surface area contributed by atoms with Crippen LogP contribution in [-0.4, -0.2) is 75.5 Å². The van der Waals surface area contributed by atoms with Crippen LogP contribution in [0.5, 0.6) is 0 Å². The number of aromatic amines is 2. The Morgan fingerprint density at radius 1 is 1.00 bits per heavy atom. The number of rotatable bonds is 14. The van der Waals surface area contributed by atoms with Gasteiger partial charge < -0.3 is 14.6 Å². The molecule has 216 valence electrons. The van der Waals surface area contributed by atoms with Gasteiger partial charge >= 0.3 is 22.0 Å². The third-order valence-corrected chi connectivity index (χ3v) is 6.41. The minimum absolute atomic E-state index is 0.00210. The fourth-order valence-electron chi connectivity index (χ4n) is 3.33. The molecular formula is C21H29N4O12S2+. The number of hydrogen-bond donors (Lipinski definition) is 5. The number of aromatic nitrogens is 4. The monoisotopic (exact) mass is 593 g/mol. The molecule has 0 aromatic carbocycles. The van der Waals surface area contributed by atoms with E-state index in [1.807, 2.05) is 0 Å². The number of ether oxygens (including phenoxy) is 2. The smallest absolute Gasteiger partial charge is 0.421 e. The number of hydrogen-bond acceptors (Lipinski definition) is 10. The number of nitrogens with one attached hydrogen (secondary N) is 2. The first-order chi connectivity index (χ1) is 18.2. The molecule has 0 aliphatic carbocycles. The lowest BCUT2D eigenvalue weighted by Gasteiger charge is -2.01. The van der Waals surface area contributed by atoms with Crippen LogP contribution < -0.4 is 21.7 Å². The Bertz CT molecular complexity index is 1660. The first-order valence-corrected chi connectivity index (χ1v) is 14.6. The zero-order valence-electron chi connectivity index (χ0n) is 21.0. The van der Waals surface area contributed by atoms with E-state index in [2.05, 4.69) is 10.2 Å². The quantitative estimate of drug-likeness (QED) is 0.0977. The van der Waals surface area contributed by atoms with E-state index in [-0.39, 0.29) is 61.0 Å². The van der Waals surface area contributed by atoms with Crippen molar-refractivity contribution in [1.29, 1.82) is 0 Å². The predicted octanol–water partition coefficient (Wildman–Crippen LogP) is -1.29. The number of aryl methyl sites for hydroxylation is 2. The molecule has 2 heterocycles. The van der Waals surface area contributed by atoms with Crippen LogP contribution >= 0.6 is 0 Å². The number of aliphatic hydroxyl groups excluding tert-OH is 1. The molecule has 0 fully saturated rings. The average molecular weight is 594 g/mol. The van der Waals surface area contributed by atoms with Crippen LogP contribution in [0.4, 0.5) is 0 Å². The van der Waals surface area contributed by atoms with Crippen molar-refractivity contribution in [3.05, 3.63) is 54.4 Å². The Balaban J connectivity index is 2.54. The minimum Gasteiger partial charge on any atom is -0.479 e. The lowest BCUT2D eigenvalue weighted by molar-refractivity contribution is 0.0518. The number of nitrogens with zero attached hydrogens (tertiary/aromatic N) is 2. The Morgan fingerprint density at radius 2 is 1.64 bits per heavy atom. The van der Waals surface area contributed by atoms with Crippen LogP contribution in [0.2, 0.25) is 0 Å². The summed E-state index contributed by atoms with van der Waals surface area (Å²) in [7, 11) is -8.64. The summed E-state index contributed by atoms with van der Waals surface area (Å²) in [6.45, 7) is 2.80. The summed E-state index contributed by atoms with van der Waals surface area (Å²) in [6, 6.07) is 0. The summed E-state index contributed by atoms with van der Waals surface area (Å²) in [4.78, 5) is 38.1. The van der Waals surface area contributed by atoms with Gasteiger partial charge in [0.05, 0.1) is 36.3 Å². The minimum atomic E-state index is -4.38. The highest BCUT2D eigenvalue weighted by Gasteiger charge is 2.20. The lowest BCUT2D eigenvalue weighted by Crippen LogP contribution is -2.36. The van der Waals surface area contributed by atoms with Gasteiger partial charge in [0, 0.05) is 6.54 Å². The number of aliphatic hydroxyl groups is 1. The van der Waals surface area contributed by atoms with Gasteiger partial charge in [0.2, 0.25) is 5.75 Å². The van der Waals surface area contributed by atoms with Crippen LogP contribution in [0, 0.1) is 5.75 Å². The van der Waals surface area contributed by atoms with Crippen molar-refractivity contribution in [2.75, 3.05) is 19.0 Å². The van der Waals surface area contributed by atoms with Crippen molar-refractivity contribution in [2.24, 2.45) is 0 Å². The molecule has 18 heteroatoms. The van der Waals surface area contributed by atoms with E-state index in [0.29, 0.717) is 5.75 Å². The van der Waals surface area contributed by atoms with Crippen molar-refractivity contribution in [2.45, 2.75) is 39.8 Å². The summed E-state index contributed by atoms with van der Waals surface area (Å²) in [5, 5.41) is 15.1. The van der Waals surface area contributed by atoms with E-state index in [1.54, 1.807) is 13.8 Å². The van der Waals surface area contributed by atoms with E-state index >= 15 is 0 Å². The third-order valence-electron chi connectivity index (χ3n) is 4.95. The van der Waals surface area contributed by atoms with E-state index < -0.39 is 49.0 Å². The highest BCUT2D eigenvalue weighted by molar-refractivity contribution is 7.87. The second-order valence-electron chi connectivity index (χ2n) is 7.81. The SMILES string of the molecule is CCOC(=O)c1[nH]n(CCCS(=O)(=O)O)c(=O)c1C=CC=c1c(=C(O)OCC)[nH]n(CC[CH+]S(=O)(=O)O)c1=O. The van der Waals surface area contributed by atoms with E-state index in [9.17, 15) is 36.3 Å². The molecule has 0 atom stereocenters. The summed E-state index contributed by atoms with van der Waals surface area (Å²) in [6.07, 6.45) is 3.25. The van der Waals surface area contributed by atoms with Crippen LogP contribution in [0.25, 0.3) is 18.1 Å². The topological polar surface area (TPSA) is 240 Å². The Kier molecular flexibility index (Phi) is 10.8. The molecule has 2 rings (SSSR count). The molecular weight excluding hydrogens is 564 g/mol. The maximum atomic E-state index is 12.9. The number of H-pyrrole nitrogens is 2. The van der Waals surface area contributed by atoms with Gasteiger partial charge in [-0.1, -0.05) is 6.08 Å². The molecule has 16 nitrogen and oxygen atoms in total. The van der Waals surface area contributed by atoms with Crippen LogP contribution in [0.3, 0.4) is 0 Å². The van der Waals surface area contributed by atoms with Gasteiger partial charge in [0.1, 0.15) is 11.8 Å². The maximum absolute atomic E-state index is 12.9. The van der Waals surface area contributed by atoms with E-state index in [4.69, 9.17) is 18.6 Å². The lowest BCUT2D eigenvalue weighted by atomic mass is 10.2. The number of allylic oxidation sites excluding steroid dienone is 1. The first-order valence-electron chi connectivity index (χ1n) is 11.5. The predicted molar refractivity (Wildman–Crippen MR) is 138 cm³/mol. The van der Waals surface area contributed by atoms with Crippen molar-refractivity contribution >= 4 is 44.3 Å². The molecule has 5 N–H and O–H groups in total. The van der Waals surface area contributed by atoms with Gasteiger partial charge in [0.15, 0.2) is 5.69 Å². The fraction of sp³-hybridized carbons (Fsp3) is 0.429. The molecule has 0 spiro atoms. The van der Waals surface area contributed by atoms with Gasteiger partial charge in [-0.2, -0.15) is 16.8 Å². The van der Waals surface area contributed by atoms with Crippen LogP contribution in [-0.2, 0) is 42.8 Å². The first kappa shape index (κ1) is 31.5. The summed E-state index contributed by atoms with van der Waals surface area (Å²) in [5.41, 5.74) is -1.83. The number of esters is 1. The van der Waals surface area contributed by atoms with Gasteiger partial charge in [-0.25, -0.2) is 9.48 Å². The molecule has 2 aromatic rings. The van der Waals surface area contributed by atoms with Gasteiger partial charge in [-0.3, -0.25) is 33.6 Å². The molecule has 0 amide bonds. The Hall–Kier alpha value is -3.74. The Labute approximate surface area is 222 Å². The largest absolute Gasteiger partial charge is 0.479 e. The highest BCUT2D eigenvalue weighted by Crippen LogP contribution is 2.07. The van der Waals surface area contributed by atoms with Gasteiger partial charge in [-0.15, -0.1) is 0 Å². The molecule has 0 unspecified atom stereocenters. The molecule has 0 aliphatic rings. The maximum Gasteiger partial charge on any atom is 0.421 e. The van der Waals surface area contributed by atoms with Crippen molar-refractivity contribution in [1.82, 2.24) is 19.6 Å². The summed E-state index contributed by atoms with van der Waals surface area (Å²) in [5.74, 6) is -1.53. The standard InChI is InChI=1S/C21H28N4O12S2/c1-3-36-20(28)16-14(18(26)24(22-16)10-6-12-38(30,31)32)8-5-9-15-17(21(29)37-4-2)23-25(19(15)27)11-7-13-39(33,34)35/h5,8-9,12H,3-4,6-7,10-11,13H2,1-2H3,(H4-,22,23,26,27,28,29,30,31,32,33,34,35)/p+1. The fourth-order valence-corrected chi connectivity index (χ4v) is 4.23. The molecule has 0 bridgehead atoms. The van der Waals surface area contributed by atoms with E-state index in [1.165, 1.54) is 18.2 Å². The van der Waals surface area contributed by atoms with Gasteiger partial charge in [-0.05, 0) is 32.4 Å². The summed E-state index contributed by atoms with van der Waals surface area (Å²) >= 11 is 0. The number of carbonyl (C=O) groups is 1. The zero-order chi connectivity index (χ0) is 29.4. The van der Waals surface area contributed by atoms with Gasteiger partial charge in [0.25, 0.3) is 21.2 Å². The highest BCUT2D eigenvalue weighted by atomic mass is 32.2. The molecule has 0 saturated heterocycles. The number of carbonyl (C=O) groups excluding carboxylic acids is 1. The molecule has 39 heavy (non-hydrogen) atoms. The summed E-state index contributed by atoms with van der Waals surface area (Å²) < 4.78 is 73.4. The van der Waals surface area contributed by atoms with Crippen molar-refractivity contribution in [3.63, 3.8) is 0 Å². The van der Waals surface area contributed by atoms with Crippen molar-refractivity contribution < 1.29 is 45.3 Å². The molecule has 0 saturated carbocycles. The van der Waals surface area contributed by atoms with Crippen LogP contribution in [0.15, 0.2) is 15.7 Å². The molecule has 2 aromatic heterocycles. The van der Waals surface area contributed by atoms with Crippen LogP contribution in [0.1, 0.15) is 42.7 Å². The molecule has 0 aliphatic heterocycles. The molecule has 0 radical (unpaired) electrons. The second-order valence-corrected chi connectivity index (χ2v) is 10.7. The average Bonchev–Trinajstić information content (AvgIpc) is 3.30. The third kappa shape index (κ3) is 9.20.